The Hall–Kier alpha value is 1.46. The molecule has 0 aliphatic carbocycles. The van der Waals surface area contributed by atoms with Crippen molar-refractivity contribution in [3.8, 4) is 0 Å². The van der Waals surface area contributed by atoms with Gasteiger partial charge in [-0.25, -0.2) is 0 Å². The van der Waals surface area contributed by atoms with Gasteiger partial charge >= 0.3 is 59.2 Å². The molecule has 0 atom stereocenters. The van der Waals surface area contributed by atoms with E-state index >= 15 is 0 Å². The molecule has 0 radical (unpaired) electrons. The normalized spacial score (nSPS) is 2.00. The molecule has 0 saturated heterocycles. The topological polar surface area (TPSA) is 34.1 Å². The molecule has 24 valence electrons. The summed E-state index contributed by atoms with van der Waals surface area (Å²) in [6.45, 7) is 0. The van der Waals surface area contributed by atoms with E-state index in [1.165, 1.54) is 0 Å². The molecule has 0 bridgehead atoms. The van der Waals surface area contributed by atoms with E-state index in [2.05, 4.69) is 0 Å². The van der Waals surface area contributed by atoms with Crippen molar-refractivity contribution in [2.45, 2.75) is 0 Å². The Labute approximate surface area is 58.3 Å². The van der Waals surface area contributed by atoms with Crippen LogP contribution in [0.25, 0.3) is 0 Å². The Bertz CT molecular complexity index is 8.00. The predicted octanol–water partition coefficient (Wildman–Crippen LogP) is -0.886. The standard InChI is InChI=1S/Al.Gd.2O.H. The SMILES string of the molecule is [O]=[AlH].[O]=[Gd]. The van der Waals surface area contributed by atoms with Gasteiger partial charge in [0.1, 0.15) is 0 Å². The first kappa shape index (κ1) is 9.07. The minimum atomic E-state index is 0.611. The van der Waals surface area contributed by atoms with Gasteiger partial charge in [-0.05, 0) is 0 Å². The second kappa shape index (κ2) is 25.1. The Morgan fingerprint density at radius 1 is 1.25 bits per heavy atom. The molecule has 0 aromatic heterocycles. The second-order valence-electron chi connectivity index (χ2n) is 0. The Balaban J connectivity index is 0. The molecule has 0 rings (SSSR count). The van der Waals surface area contributed by atoms with Crippen molar-refractivity contribution in [1.29, 1.82) is 0 Å². The quantitative estimate of drug-likeness (QED) is 0.493. The van der Waals surface area contributed by atoms with Gasteiger partial charge in [-0.2, -0.15) is 0 Å². The number of rotatable bonds is 0. The molecule has 0 aliphatic heterocycles. The average Bonchev–Trinajstić information content (AvgIpc) is 1.50. The number of hydrogen-bond donors (Lipinski definition) is 0. The summed E-state index contributed by atoms with van der Waals surface area (Å²) in [5.41, 5.74) is 0. The van der Waals surface area contributed by atoms with Crippen LogP contribution in [0.3, 0.4) is 0 Å². The third-order valence-corrected chi connectivity index (χ3v) is 0. The van der Waals surface area contributed by atoms with Crippen molar-refractivity contribution in [2.24, 2.45) is 0 Å². The molecule has 0 unspecified atom stereocenters. The van der Waals surface area contributed by atoms with E-state index < -0.39 is 0 Å². The molecule has 0 spiro atoms. The zero-order valence-electron chi connectivity index (χ0n) is 1.88. The van der Waals surface area contributed by atoms with Crippen LogP contribution >= 0.6 is 0 Å². The van der Waals surface area contributed by atoms with E-state index in [1.807, 2.05) is 0 Å². The van der Waals surface area contributed by atoms with E-state index in [4.69, 9.17) is 4.97 Å². The van der Waals surface area contributed by atoms with Crippen LogP contribution in [0.5, 0.6) is 0 Å². The molecule has 0 aromatic carbocycles. The molecule has 0 fully saturated rings. The summed E-state index contributed by atoms with van der Waals surface area (Å²) in [4.78, 5) is 0. The van der Waals surface area contributed by atoms with Gasteiger partial charge in [0.25, 0.3) is 0 Å². The van der Waals surface area contributed by atoms with Gasteiger partial charge in [-0.1, -0.05) is 0 Å². The third kappa shape index (κ3) is 9.83. The van der Waals surface area contributed by atoms with Crippen LogP contribution in [0, 0.1) is 38.0 Å². The summed E-state index contributed by atoms with van der Waals surface area (Å²) >= 11 is 1.22. The fraction of sp³-hybridized carbons (Fsp3) is 0. The van der Waals surface area contributed by atoms with E-state index in [0.717, 1.165) is 0 Å². The molecule has 4 heteroatoms. The zero-order chi connectivity index (χ0) is 4.00. The molecule has 4 heavy (non-hydrogen) atoms. The Kier molecular flexibility index (Phi) is 56.9. The molecule has 0 heterocycles. The maximum absolute atomic E-state index is 8.28. The summed E-state index contributed by atoms with van der Waals surface area (Å²) in [7, 11) is 0. The van der Waals surface area contributed by atoms with Crippen LogP contribution in [0.2, 0.25) is 0 Å². The predicted molar refractivity (Wildman–Crippen MR) is 8.52 cm³/mol. The molecular formula is HAlGdO2. The van der Waals surface area contributed by atoms with Crippen molar-refractivity contribution < 1.29 is 43.0 Å². The monoisotopic (exact) mass is 218 g/mol. The summed E-state index contributed by atoms with van der Waals surface area (Å²) in [6.07, 6.45) is 0. The van der Waals surface area contributed by atoms with Crippen LogP contribution in [0.1, 0.15) is 0 Å². The summed E-state index contributed by atoms with van der Waals surface area (Å²) in [5, 5.41) is 0. The molecule has 2 nitrogen and oxygen atoms in total. The fourth-order valence-corrected chi connectivity index (χ4v) is 0. The maximum atomic E-state index is 8.28. The fourth-order valence-electron chi connectivity index (χ4n) is 0. The second-order valence-corrected chi connectivity index (χ2v) is 0. The van der Waals surface area contributed by atoms with Gasteiger partial charge in [0.2, 0.25) is 0 Å². The first-order chi connectivity index (χ1) is 2.00. The third-order valence-electron chi connectivity index (χ3n) is 0. The molecule has 0 aromatic rings. The van der Waals surface area contributed by atoms with E-state index in [9.17, 15) is 0 Å². The number of hydrogen-bond acceptors (Lipinski definition) is 2. The van der Waals surface area contributed by atoms with E-state index in [1.54, 1.807) is 0 Å². The molecule has 0 saturated carbocycles. The first-order valence-corrected chi connectivity index (χ1v) is 1.94. The van der Waals surface area contributed by atoms with Crippen molar-refractivity contribution in [3.05, 3.63) is 0 Å². The van der Waals surface area contributed by atoms with Crippen LogP contribution in [0.4, 0.5) is 0 Å². The van der Waals surface area contributed by atoms with E-state index in [0.29, 0.717) is 54.2 Å². The minimum absolute atomic E-state index is 0.611. The van der Waals surface area contributed by atoms with Crippen LogP contribution in [-0.2, 0) is 4.97 Å². The van der Waals surface area contributed by atoms with Crippen LogP contribution in [0.15, 0.2) is 0 Å². The van der Waals surface area contributed by atoms with Gasteiger partial charge in [0.05, 0.1) is 0 Å². The van der Waals surface area contributed by atoms with E-state index in [-0.39, 0.29) is 0 Å². The molecule has 0 amide bonds. The molecule has 0 aliphatic rings. The average molecular weight is 217 g/mol. The zero-order valence-corrected chi connectivity index (χ0v) is 5.56. The van der Waals surface area contributed by atoms with Crippen molar-refractivity contribution in [1.82, 2.24) is 0 Å². The summed E-state index contributed by atoms with van der Waals surface area (Å²) < 4.78 is 16.6. The Morgan fingerprint density at radius 3 is 1.25 bits per heavy atom. The summed E-state index contributed by atoms with van der Waals surface area (Å²) in [5.74, 6) is 0. The van der Waals surface area contributed by atoms with Crippen molar-refractivity contribution >= 4 is 16.2 Å². The summed E-state index contributed by atoms with van der Waals surface area (Å²) in [6, 6.07) is 0. The van der Waals surface area contributed by atoms with Crippen LogP contribution < -0.4 is 0 Å². The van der Waals surface area contributed by atoms with Crippen molar-refractivity contribution in [3.63, 3.8) is 0 Å². The van der Waals surface area contributed by atoms with Gasteiger partial charge in [0.15, 0.2) is 0 Å². The van der Waals surface area contributed by atoms with Gasteiger partial charge in [-0.3, -0.25) is 0 Å². The molecule has 0 N–H and O–H groups in total. The Morgan fingerprint density at radius 2 is 1.25 bits per heavy atom. The van der Waals surface area contributed by atoms with Crippen molar-refractivity contribution in [2.75, 3.05) is 0 Å². The van der Waals surface area contributed by atoms with Gasteiger partial charge in [-0.15, -0.1) is 0 Å². The van der Waals surface area contributed by atoms with Gasteiger partial charge < -0.3 is 0 Å². The van der Waals surface area contributed by atoms with Crippen LogP contribution in [-0.4, -0.2) is 16.2 Å². The van der Waals surface area contributed by atoms with Gasteiger partial charge in [0, 0.05) is 0 Å². The molecular weight excluding hydrogens is 216 g/mol. The first-order valence-electron chi connectivity index (χ1n) is 0.433.